The molecule has 0 aliphatic rings. The molecule has 0 bridgehead atoms. The van der Waals surface area contributed by atoms with E-state index >= 15 is 0 Å². The Kier molecular flexibility index (Phi) is 4.79. The van der Waals surface area contributed by atoms with Crippen molar-refractivity contribution in [2.24, 2.45) is 5.92 Å². The first-order chi connectivity index (χ1) is 9.65. The topological polar surface area (TPSA) is 37.4 Å². The van der Waals surface area contributed by atoms with Gasteiger partial charge in [0.2, 0.25) is 0 Å². The first kappa shape index (κ1) is 14.6. The van der Waals surface area contributed by atoms with Gasteiger partial charge in [-0.1, -0.05) is 13.0 Å². The zero-order chi connectivity index (χ0) is 14.5. The molecule has 0 saturated carbocycles. The molecule has 20 heavy (non-hydrogen) atoms. The third-order valence-corrected chi connectivity index (χ3v) is 3.45. The van der Waals surface area contributed by atoms with Gasteiger partial charge in [-0.2, -0.15) is 0 Å². The van der Waals surface area contributed by atoms with E-state index < -0.39 is 0 Å². The van der Waals surface area contributed by atoms with Crippen LogP contribution in [0.5, 0.6) is 5.75 Å². The van der Waals surface area contributed by atoms with Crippen LogP contribution in [-0.2, 0) is 0 Å². The van der Waals surface area contributed by atoms with Gasteiger partial charge in [-0.05, 0) is 43.1 Å². The van der Waals surface area contributed by atoms with Crippen molar-refractivity contribution in [2.75, 3.05) is 39.2 Å². The van der Waals surface area contributed by atoms with Crippen LogP contribution in [0, 0.1) is 5.92 Å². The van der Waals surface area contributed by atoms with Crippen molar-refractivity contribution < 1.29 is 4.74 Å². The number of rotatable bonds is 6. The summed E-state index contributed by atoms with van der Waals surface area (Å²) in [6.45, 7) is 4.20. The molecule has 1 unspecified atom stereocenters. The van der Waals surface area contributed by atoms with Crippen LogP contribution in [0.1, 0.15) is 6.92 Å². The van der Waals surface area contributed by atoms with Crippen molar-refractivity contribution in [2.45, 2.75) is 6.92 Å². The van der Waals surface area contributed by atoms with E-state index in [-0.39, 0.29) is 0 Å². The highest BCUT2D eigenvalue weighted by Crippen LogP contribution is 2.27. The maximum absolute atomic E-state index is 5.32. The molecule has 0 radical (unpaired) electrons. The molecule has 0 saturated heterocycles. The summed E-state index contributed by atoms with van der Waals surface area (Å²) in [6.07, 6.45) is 1.86. The molecule has 0 spiro atoms. The summed E-state index contributed by atoms with van der Waals surface area (Å²) in [6, 6.07) is 8.14. The van der Waals surface area contributed by atoms with Crippen LogP contribution in [0.25, 0.3) is 10.8 Å². The fourth-order valence-corrected chi connectivity index (χ4v) is 2.53. The number of methoxy groups -OCH3 is 1. The fourth-order valence-electron chi connectivity index (χ4n) is 2.53. The molecule has 2 rings (SSSR count). The van der Waals surface area contributed by atoms with Crippen LogP contribution in [-0.4, -0.2) is 39.3 Å². The zero-order valence-electron chi connectivity index (χ0n) is 12.7. The number of anilines is 1. The number of hydrogen-bond acceptors (Lipinski definition) is 4. The SMILES string of the molecule is CNCC(C)CN(C)c1nccc2ccc(OC)cc12. The van der Waals surface area contributed by atoms with Crippen LogP contribution in [0.3, 0.4) is 0 Å². The number of aromatic nitrogens is 1. The first-order valence-electron chi connectivity index (χ1n) is 6.94. The minimum absolute atomic E-state index is 0.563. The van der Waals surface area contributed by atoms with E-state index in [4.69, 9.17) is 4.74 Å². The number of fused-ring (bicyclic) bond motifs is 1. The minimum Gasteiger partial charge on any atom is -0.497 e. The Bertz CT molecular complexity index is 571. The van der Waals surface area contributed by atoms with Crippen molar-refractivity contribution in [1.82, 2.24) is 10.3 Å². The molecule has 4 heteroatoms. The van der Waals surface area contributed by atoms with Crippen LogP contribution in [0.4, 0.5) is 5.82 Å². The summed E-state index contributed by atoms with van der Waals surface area (Å²) in [5.41, 5.74) is 0. The van der Waals surface area contributed by atoms with E-state index in [0.29, 0.717) is 5.92 Å². The van der Waals surface area contributed by atoms with E-state index in [0.717, 1.165) is 30.0 Å². The Morgan fingerprint density at radius 3 is 2.85 bits per heavy atom. The Morgan fingerprint density at radius 1 is 1.35 bits per heavy atom. The van der Waals surface area contributed by atoms with E-state index in [1.54, 1.807) is 7.11 Å². The average Bonchev–Trinajstić information content (AvgIpc) is 2.46. The lowest BCUT2D eigenvalue weighted by Gasteiger charge is -2.23. The predicted octanol–water partition coefficient (Wildman–Crippen LogP) is 2.54. The van der Waals surface area contributed by atoms with Crippen molar-refractivity contribution in [3.05, 3.63) is 30.5 Å². The van der Waals surface area contributed by atoms with Gasteiger partial charge in [0.15, 0.2) is 0 Å². The number of ether oxygens (including phenoxy) is 1. The van der Waals surface area contributed by atoms with Gasteiger partial charge >= 0.3 is 0 Å². The van der Waals surface area contributed by atoms with Gasteiger partial charge in [0.25, 0.3) is 0 Å². The van der Waals surface area contributed by atoms with Crippen LogP contribution < -0.4 is 15.0 Å². The summed E-state index contributed by atoms with van der Waals surface area (Å²) in [7, 11) is 5.76. The molecule has 1 heterocycles. The molecule has 4 nitrogen and oxygen atoms in total. The zero-order valence-corrected chi connectivity index (χ0v) is 12.7. The Labute approximate surface area is 120 Å². The Balaban J connectivity index is 2.32. The molecule has 1 N–H and O–H groups in total. The van der Waals surface area contributed by atoms with E-state index in [1.165, 1.54) is 5.39 Å². The van der Waals surface area contributed by atoms with Gasteiger partial charge in [-0.25, -0.2) is 4.98 Å². The monoisotopic (exact) mass is 273 g/mol. The highest BCUT2D eigenvalue weighted by atomic mass is 16.5. The van der Waals surface area contributed by atoms with E-state index in [1.807, 2.05) is 25.4 Å². The smallest absolute Gasteiger partial charge is 0.136 e. The lowest BCUT2D eigenvalue weighted by molar-refractivity contribution is 0.415. The normalized spacial score (nSPS) is 12.4. The highest BCUT2D eigenvalue weighted by molar-refractivity contribution is 5.93. The molecule has 108 valence electrons. The van der Waals surface area contributed by atoms with Gasteiger partial charge in [0.1, 0.15) is 11.6 Å². The molecule has 0 fully saturated rings. The van der Waals surface area contributed by atoms with Gasteiger partial charge in [0.05, 0.1) is 7.11 Å². The van der Waals surface area contributed by atoms with Crippen molar-refractivity contribution >= 4 is 16.6 Å². The lowest BCUT2D eigenvalue weighted by atomic mass is 10.1. The fraction of sp³-hybridized carbons (Fsp3) is 0.438. The van der Waals surface area contributed by atoms with E-state index in [2.05, 4.69) is 41.3 Å². The van der Waals surface area contributed by atoms with Gasteiger partial charge in [0, 0.05) is 25.2 Å². The molecular weight excluding hydrogens is 250 g/mol. The Hall–Kier alpha value is -1.81. The quantitative estimate of drug-likeness (QED) is 0.877. The molecule has 1 aromatic heterocycles. The van der Waals surface area contributed by atoms with Crippen LogP contribution in [0.2, 0.25) is 0 Å². The molecule has 1 atom stereocenters. The van der Waals surface area contributed by atoms with Gasteiger partial charge < -0.3 is 15.0 Å². The lowest BCUT2D eigenvalue weighted by Crippen LogP contribution is -2.30. The predicted molar refractivity (Wildman–Crippen MR) is 84.7 cm³/mol. The molecule has 2 aromatic rings. The first-order valence-corrected chi connectivity index (χ1v) is 6.94. The summed E-state index contributed by atoms with van der Waals surface area (Å²) >= 11 is 0. The number of nitrogens with zero attached hydrogens (tertiary/aromatic N) is 2. The molecule has 0 aliphatic heterocycles. The molecular formula is C16H23N3O. The standard InChI is InChI=1S/C16H23N3O/c1-12(10-17-2)11-19(3)16-15-9-14(20-4)6-5-13(15)7-8-18-16/h5-9,12,17H,10-11H2,1-4H3. The maximum Gasteiger partial charge on any atom is 0.136 e. The summed E-state index contributed by atoms with van der Waals surface area (Å²) < 4.78 is 5.32. The highest BCUT2D eigenvalue weighted by Gasteiger charge is 2.11. The second-order valence-electron chi connectivity index (χ2n) is 5.26. The van der Waals surface area contributed by atoms with Crippen molar-refractivity contribution in [1.29, 1.82) is 0 Å². The Morgan fingerprint density at radius 2 is 2.15 bits per heavy atom. The van der Waals surface area contributed by atoms with Crippen molar-refractivity contribution in [3.8, 4) is 5.75 Å². The third-order valence-electron chi connectivity index (χ3n) is 3.45. The number of benzene rings is 1. The second-order valence-corrected chi connectivity index (χ2v) is 5.26. The minimum atomic E-state index is 0.563. The summed E-state index contributed by atoms with van der Waals surface area (Å²) in [5, 5.41) is 5.53. The largest absolute Gasteiger partial charge is 0.497 e. The maximum atomic E-state index is 5.32. The summed E-state index contributed by atoms with van der Waals surface area (Å²) in [4.78, 5) is 6.76. The van der Waals surface area contributed by atoms with E-state index in [9.17, 15) is 0 Å². The average molecular weight is 273 g/mol. The van der Waals surface area contributed by atoms with Crippen molar-refractivity contribution in [3.63, 3.8) is 0 Å². The molecule has 0 amide bonds. The van der Waals surface area contributed by atoms with Crippen LogP contribution >= 0.6 is 0 Å². The van der Waals surface area contributed by atoms with Crippen LogP contribution in [0.15, 0.2) is 30.5 Å². The second kappa shape index (κ2) is 6.57. The van der Waals surface area contributed by atoms with Gasteiger partial charge in [-0.3, -0.25) is 0 Å². The summed E-state index contributed by atoms with van der Waals surface area (Å²) in [5.74, 6) is 2.43. The number of pyridine rings is 1. The third kappa shape index (κ3) is 3.20. The number of nitrogens with one attached hydrogen (secondary N) is 1. The van der Waals surface area contributed by atoms with Gasteiger partial charge in [-0.15, -0.1) is 0 Å². The molecule has 0 aliphatic carbocycles. The number of hydrogen-bond donors (Lipinski definition) is 1. The molecule has 1 aromatic carbocycles.